The SMILES string of the molecule is COc1ccc(CN)c(OCc2cc(F)ccc2F)c1. The van der Waals surface area contributed by atoms with E-state index >= 15 is 0 Å². The number of ether oxygens (including phenoxy) is 2. The first-order chi connectivity index (χ1) is 9.63. The Kier molecular flexibility index (Phi) is 4.53. The lowest BCUT2D eigenvalue weighted by molar-refractivity contribution is 0.293. The maximum atomic E-state index is 13.5. The average molecular weight is 279 g/mol. The van der Waals surface area contributed by atoms with Gasteiger partial charge >= 0.3 is 0 Å². The van der Waals surface area contributed by atoms with E-state index in [2.05, 4.69) is 0 Å². The molecular formula is C15H15F2NO2. The lowest BCUT2D eigenvalue weighted by Crippen LogP contribution is -2.04. The third-order valence-corrected chi connectivity index (χ3v) is 2.89. The van der Waals surface area contributed by atoms with Gasteiger partial charge in [0.25, 0.3) is 0 Å². The number of hydrogen-bond donors (Lipinski definition) is 1. The summed E-state index contributed by atoms with van der Waals surface area (Å²) in [5.41, 5.74) is 6.53. The summed E-state index contributed by atoms with van der Waals surface area (Å²) in [6.45, 7) is 0.203. The predicted octanol–water partition coefficient (Wildman–Crippen LogP) is 3.01. The fourth-order valence-corrected chi connectivity index (χ4v) is 1.77. The first-order valence-electron chi connectivity index (χ1n) is 6.07. The summed E-state index contributed by atoms with van der Waals surface area (Å²) in [5.74, 6) is 0.0886. The van der Waals surface area contributed by atoms with Gasteiger partial charge in [0.15, 0.2) is 0 Å². The standard InChI is InChI=1S/C15H15F2NO2/c1-19-13-4-2-10(8-18)15(7-13)20-9-11-6-12(16)3-5-14(11)17/h2-7H,8-9,18H2,1H3. The Bertz CT molecular complexity index is 602. The van der Waals surface area contributed by atoms with E-state index in [-0.39, 0.29) is 18.7 Å². The average Bonchev–Trinajstić information content (AvgIpc) is 2.47. The van der Waals surface area contributed by atoms with Crippen LogP contribution >= 0.6 is 0 Å². The fraction of sp³-hybridized carbons (Fsp3) is 0.200. The third kappa shape index (κ3) is 3.24. The Hall–Kier alpha value is -2.14. The third-order valence-electron chi connectivity index (χ3n) is 2.89. The molecular weight excluding hydrogens is 264 g/mol. The molecule has 2 aromatic carbocycles. The molecule has 0 aliphatic heterocycles. The molecule has 0 fully saturated rings. The quantitative estimate of drug-likeness (QED) is 0.915. The maximum absolute atomic E-state index is 13.5. The molecule has 0 unspecified atom stereocenters. The Morgan fingerprint density at radius 2 is 1.85 bits per heavy atom. The normalized spacial score (nSPS) is 10.4. The maximum Gasteiger partial charge on any atom is 0.130 e. The van der Waals surface area contributed by atoms with Crippen LogP contribution in [0.1, 0.15) is 11.1 Å². The van der Waals surface area contributed by atoms with Gasteiger partial charge in [0.2, 0.25) is 0 Å². The minimum absolute atomic E-state index is 0.0796. The molecule has 0 amide bonds. The molecule has 106 valence electrons. The summed E-state index contributed by atoms with van der Waals surface area (Å²) in [6.07, 6.45) is 0. The Balaban J connectivity index is 2.19. The van der Waals surface area contributed by atoms with Gasteiger partial charge in [0.05, 0.1) is 7.11 Å². The molecule has 0 aromatic heterocycles. The minimum Gasteiger partial charge on any atom is -0.497 e. The van der Waals surface area contributed by atoms with E-state index in [0.29, 0.717) is 11.5 Å². The summed E-state index contributed by atoms with van der Waals surface area (Å²) >= 11 is 0. The van der Waals surface area contributed by atoms with Crippen LogP contribution in [0.4, 0.5) is 8.78 Å². The largest absolute Gasteiger partial charge is 0.497 e. The predicted molar refractivity (Wildman–Crippen MR) is 71.6 cm³/mol. The zero-order valence-corrected chi connectivity index (χ0v) is 11.0. The van der Waals surface area contributed by atoms with Crippen molar-refractivity contribution < 1.29 is 18.3 Å². The topological polar surface area (TPSA) is 44.5 Å². The van der Waals surface area contributed by atoms with E-state index in [1.165, 1.54) is 7.11 Å². The zero-order valence-electron chi connectivity index (χ0n) is 11.0. The van der Waals surface area contributed by atoms with Crippen molar-refractivity contribution in [3.63, 3.8) is 0 Å². The molecule has 0 heterocycles. The van der Waals surface area contributed by atoms with Crippen molar-refractivity contribution in [2.24, 2.45) is 5.73 Å². The van der Waals surface area contributed by atoms with Crippen molar-refractivity contribution >= 4 is 0 Å². The van der Waals surface area contributed by atoms with Crippen molar-refractivity contribution in [3.8, 4) is 11.5 Å². The summed E-state index contributed by atoms with van der Waals surface area (Å²) < 4.78 is 37.2. The lowest BCUT2D eigenvalue weighted by atomic mass is 10.2. The molecule has 0 bridgehead atoms. The smallest absolute Gasteiger partial charge is 0.130 e. The van der Waals surface area contributed by atoms with Crippen molar-refractivity contribution in [2.45, 2.75) is 13.2 Å². The van der Waals surface area contributed by atoms with Crippen molar-refractivity contribution in [1.29, 1.82) is 0 Å². The molecule has 0 radical (unpaired) electrons. The van der Waals surface area contributed by atoms with E-state index in [4.69, 9.17) is 15.2 Å². The van der Waals surface area contributed by atoms with Gasteiger partial charge in [-0.1, -0.05) is 6.07 Å². The van der Waals surface area contributed by atoms with Gasteiger partial charge < -0.3 is 15.2 Å². The van der Waals surface area contributed by atoms with Crippen LogP contribution in [-0.2, 0) is 13.2 Å². The van der Waals surface area contributed by atoms with Gasteiger partial charge in [-0.25, -0.2) is 8.78 Å². The number of nitrogens with two attached hydrogens (primary N) is 1. The molecule has 2 rings (SSSR count). The Labute approximate surface area is 115 Å². The highest BCUT2D eigenvalue weighted by Crippen LogP contribution is 2.25. The van der Waals surface area contributed by atoms with Crippen LogP contribution in [0, 0.1) is 11.6 Å². The molecule has 0 aliphatic carbocycles. The van der Waals surface area contributed by atoms with E-state index in [9.17, 15) is 8.78 Å². The number of rotatable bonds is 5. The molecule has 0 atom stereocenters. The van der Waals surface area contributed by atoms with Crippen molar-refractivity contribution in [1.82, 2.24) is 0 Å². The van der Waals surface area contributed by atoms with Gasteiger partial charge in [0, 0.05) is 23.7 Å². The van der Waals surface area contributed by atoms with Crippen molar-refractivity contribution in [2.75, 3.05) is 7.11 Å². The molecule has 2 aromatic rings. The number of halogens is 2. The highest BCUT2D eigenvalue weighted by molar-refractivity contribution is 5.40. The van der Waals surface area contributed by atoms with Crippen LogP contribution < -0.4 is 15.2 Å². The zero-order chi connectivity index (χ0) is 14.5. The van der Waals surface area contributed by atoms with Crippen LogP contribution in [0.3, 0.4) is 0 Å². The molecule has 3 nitrogen and oxygen atoms in total. The van der Waals surface area contributed by atoms with Crippen LogP contribution in [0.15, 0.2) is 36.4 Å². The van der Waals surface area contributed by atoms with Gasteiger partial charge in [0.1, 0.15) is 29.7 Å². The van der Waals surface area contributed by atoms with Gasteiger partial charge in [-0.3, -0.25) is 0 Å². The molecule has 0 aliphatic rings. The van der Waals surface area contributed by atoms with Gasteiger partial charge in [-0.05, 0) is 24.3 Å². The number of methoxy groups -OCH3 is 1. The Morgan fingerprint density at radius 1 is 1.05 bits per heavy atom. The summed E-state index contributed by atoms with van der Waals surface area (Å²) in [4.78, 5) is 0. The van der Waals surface area contributed by atoms with Crippen LogP contribution in [0.2, 0.25) is 0 Å². The monoisotopic (exact) mass is 279 g/mol. The van der Waals surface area contributed by atoms with E-state index in [1.54, 1.807) is 18.2 Å². The van der Waals surface area contributed by atoms with Crippen LogP contribution in [-0.4, -0.2) is 7.11 Å². The van der Waals surface area contributed by atoms with E-state index < -0.39 is 11.6 Å². The number of hydrogen-bond acceptors (Lipinski definition) is 3. The van der Waals surface area contributed by atoms with E-state index in [0.717, 1.165) is 23.8 Å². The molecule has 5 heteroatoms. The van der Waals surface area contributed by atoms with Crippen LogP contribution in [0.25, 0.3) is 0 Å². The van der Waals surface area contributed by atoms with Crippen molar-refractivity contribution in [3.05, 3.63) is 59.2 Å². The highest BCUT2D eigenvalue weighted by Gasteiger charge is 2.08. The molecule has 20 heavy (non-hydrogen) atoms. The molecule has 0 saturated heterocycles. The summed E-state index contributed by atoms with van der Waals surface area (Å²) in [7, 11) is 1.54. The second-order valence-electron chi connectivity index (χ2n) is 4.20. The molecule has 0 saturated carbocycles. The molecule has 0 spiro atoms. The minimum atomic E-state index is -0.511. The second-order valence-corrected chi connectivity index (χ2v) is 4.20. The van der Waals surface area contributed by atoms with Gasteiger partial charge in [-0.2, -0.15) is 0 Å². The number of benzene rings is 2. The van der Waals surface area contributed by atoms with Crippen LogP contribution in [0.5, 0.6) is 11.5 Å². The second kappa shape index (κ2) is 6.34. The lowest BCUT2D eigenvalue weighted by Gasteiger charge is -2.12. The fourth-order valence-electron chi connectivity index (χ4n) is 1.77. The van der Waals surface area contributed by atoms with Gasteiger partial charge in [-0.15, -0.1) is 0 Å². The highest BCUT2D eigenvalue weighted by atomic mass is 19.1. The Morgan fingerprint density at radius 3 is 2.55 bits per heavy atom. The first-order valence-corrected chi connectivity index (χ1v) is 6.07. The first kappa shape index (κ1) is 14.3. The molecule has 2 N–H and O–H groups in total. The van der Waals surface area contributed by atoms with E-state index in [1.807, 2.05) is 0 Å². The summed E-state index contributed by atoms with van der Waals surface area (Å²) in [6, 6.07) is 8.45. The summed E-state index contributed by atoms with van der Waals surface area (Å²) in [5, 5.41) is 0.